The highest BCUT2D eigenvalue weighted by Crippen LogP contribution is 2.47. The van der Waals surface area contributed by atoms with Gasteiger partial charge in [0, 0.05) is 15.5 Å². The van der Waals surface area contributed by atoms with Crippen LogP contribution in [0.1, 0.15) is 6.92 Å². The van der Waals surface area contributed by atoms with Gasteiger partial charge in [-0.05, 0) is 37.3 Å². The summed E-state index contributed by atoms with van der Waals surface area (Å²) in [6.07, 6.45) is 6.15. The van der Waals surface area contributed by atoms with E-state index in [-0.39, 0.29) is 0 Å². The lowest BCUT2D eigenvalue weighted by atomic mass is 10.2. The van der Waals surface area contributed by atoms with Crippen molar-refractivity contribution in [3.8, 4) is 0 Å². The summed E-state index contributed by atoms with van der Waals surface area (Å²) < 4.78 is 0. The molecule has 0 bridgehead atoms. The second kappa shape index (κ2) is 6.06. The first-order valence-electron chi connectivity index (χ1n) is 6.96. The Bertz CT molecular complexity index is 713. The summed E-state index contributed by atoms with van der Waals surface area (Å²) in [7, 11) is 0. The van der Waals surface area contributed by atoms with Crippen LogP contribution in [0.3, 0.4) is 0 Å². The fourth-order valence-corrected chi connectivity index (χ4v) is 3.45. The minimum Gasteiger partial charge on any atom is -0.308 e. The van der Waals surface area contributed by atoms with Gasteiger partial charge in [-0.15, -0.1) is 0 Å². The van der Waals surface area contributed by atoms with Gasteiger partial charge in [0.05, 0.1) is 11.4 Å². The molecule has 0 spiro atoms. The fraction of sp³-hybridized carbons (Fsp3) is 0.0526. The monoisotopic (exact) mass is 291 g/mol. The van der Waals surface area contributed by atoms with E-state index in [0.29, 0.717) is 0 Å². The number of benzene rings is 2. The number of nitrogens with zero attached hydrogens (tertiary/aromatic N) is 1. The van der Waals surface area contributed by atoms with Gasteiger partial charge in [0.15, 0.2) is 0 Å². The van der Waals surface area contributed by atoms with Crippen molar-refractivity contribution in [2.24, 2.45) is 0 Å². The zero-order valence-electron chi connectivity index (χ0n) is 12.0. The van der Waals surface area contributed by atoms with E-state index in [9.17, 15) is 0 Å². The van der Waals surface area contributed by atoms with Gasteiger partial charge in [-0.2, -0.15) is 0 Å². The summed E-state index contributed by atoms with van der Waals surface area (Å²) in [5, 5.41) is 0. The zero-order chi connectivity index (χ0) is 14.7. The lowest BCUT2D eigenvalue weighted by Crippen LogP contribution is -2.19. The van der Waals surface area contributed by atoms with E-state index in [1.54, 1.807) is 11.8 Å². The van der Waals surface area contributed by atoms with Crippen molar-refractivity contribution in [1.29, 1.82) is 0 Å². The van der Waals surface area contributed by atoms with Crippen molar-refractivity contribution < 1.29 is 0 Å². The SMILES string of the molecule is C=CC1=C(/C=C\C)N(c2ccccc2)c2ccccc2S1. The molecule has 0 aliphatic carbocycles. The van der Waals surface area contributed by atoms with Crippen LogP contribution in [0.25, 0.3) is 0 Å². The van der Waals surface area contributed by atoms with Crippen LogP contribution in [0.15, 0.2) is 94.9 Å². The number of para-hydroxylation sites is 2. The van der Waals surface area contributed by atoms with Crippen LogP contribution in [-0.2, 0) is 0 Å². The highest BCUT2D eigenvalue weighted by atomic mass is 32.2. The number of hydrogen-bond acceptors (Lipinski definition) is 2. The minimum atomic E-state index is 1.16. The molecular formula is C19H17NS. The first kappa shape index (κ1) is 13.8. The largest absolute Gasteiger partial charge is 0.308 e. The maximum atomic E-state index is 3.98. The minimum absolute atomic E-state index is 1.16. The van der Waals surface area contributed by atoms with Crippen LogP contribution < -0.4 is 4.90 Å². The Morgan fingerprint density at radius 2 is 1.71 bits per heavy atom. The van der Waals surface area contributed by atoms with Crippen LogP contribution in [0.5, 0.6) is 0 Å². The molecule has 3 rings (SSSR count). The Kier molecular flexibility index (Phi) is 3.98. The van der Waals surface area contributed by atoms with Crippen molar-refractivity contribution in [3.63, 3.8) is 0 Å². The first-order chi connectivity index (χ1) is 10.3. The van der Waals surface area contributed by atoms with E-state index in [1.165, 1.54) is 21.2 Å². The van der Waals surface area contributed by atoms with E-state index in [2.05, 4.69) is 72.2 Å². The molecule has 21 heavy (non-hydrogen) atoms. The Morgan fingerprint density at radius 1 is 1.00 bits per heavy atom. The predicted molar refractivity (Wildman–Crippen MR) is 92.9 cm³/mol. The van der Waals surface area contributed by atoms with Crippen LogP contribution >= 0.6 is 11.8 Å². The summed E-state index contributed by atoms with van der Waals surface area (Å²) in [6.45, 7) is 6.02. The predicted octanol–water partition coefficient (Wildman–Crippen LogP) is 5.90. The average molecular weight is 291 g/mol. The van der Waals surface area contributed by atoms with Crippen molar-refractivity contribution in [1.82, 2.24) is 0 Å². The zero-order valence-corrected chi connectivity index (χ0v) is 12.8. The highest BCUT2D eigenvalue weighted by molar-refractivity contribution is 8.03. The molecule has 104 valence electrons. The second-order valence-corrected chi connectivity index (χ2v) is 5.78. The molecule has 0 unspecified atom stereocenters. The van der Waals surface area contributed by atoms with Gasteiger partial charge in [0.1, 0.15) is 0 Å². The van der Waals surface area contributed by atoms with Crippen molar-refractivity contribution in [2.75, 3.05) is 4.90 Å². The molecule has 0 fully saturated rings. The number of thioether (sulfide) groups is 1. The van der Waals surface area contributed by atoms with E-state index in [0.717, 1.165) is 5.69 Å². The third kappa shape index (κ3) is 2.55. The average Bonchev–Trinajstić information content (AvgIpc) is 2.55. The molecule has 0 saturated heterocycles. The van der Waals surface area contributed by atoms with Crippen molar-refractivity contribution in [2.45, 2.75) is 11.8 Å². The van der Waals surface area contributed by atoms with E-state index < -0.39 is 0 Å². The summed E-state index contributed by atoms with van der Waals surface area (Å²) in [6, 6.07) is 18.9. The number of fused-ring (bicyclic) bond motifs is 1. The highest BCUT2D eigenvalue weighted by Gasteiger charge is 2.23. The van der Waals surface area contributed by atoms with Gasteiger partial charge in [-0.3, -0.25) is 0 Å². The van der Waals surface area contributed by atoms with Crippen LogP contribution in [0.2, 0.25) is 0 Å². The van der Waals surface area contributed by atoms with Crippen LogP contribution in [-0.4, -0.2) is 0 Å². The molecule has 2 aromatic carbocycles. The molecule has 0 saturated carbocycles. The Balaban J connectivity index is 2.24. The fourth-order valence-electron chi connectivity index (χ4n) is 2.45. The molecular weight excluding hydrogens is 274 g/mol. The van der Waals surface area contributed by atoms with Crippen LogP contribution in [0, 0.1) is 0 Å². The maximum Gasteiger partial charge on any atom is 0.0601 e. The van der Waals surface area contributed by atoms with Gasteiger partial charge in [0.25, 0.3) is 0 Å². The smallest absolute Gasteiger partial charge is 0.0601 e. The molecule has 1 aliphatic rings. The molecule has 2 heteroatoms. The van der Waals surface area contributed by atoms with Gasteiger partial charge in [-0.25, -0.2) is 0 Å². The number of hydrogen-bond donors (Lipinski definition) is 0. The van der Waals surface area contributed by atoms with Crippen molar-refractivity contribution >= 4 is 23.1 Å². The summed E-state index contributed by atoms with van der Waals surface area (Å²) in [5.41, 5.74) is 3.55. The van der Waals surface area contributed by atoms with E-state index in [4.69, 9.17) is 0 Å². The molecule has 1 nitrogen and oxygen atoms in total. The van der Waals surface area contributed by atoms with Gasteiger partial charge in [0.2, 0.25) is 0 Å². The quantitative estimate of drug-likeness (QED) is 0.692. The topological polar surface area (TPSA) is 3.24 Å². The third-order valence-corrected chi connectivity index (χ3v) is 4.50. The van der Waals surface area contributed by atoms with Gasteiger partial charge < -0.3 is 4.90 Å². The molecule has 0 radical (unpaired) electrons. The van der Waals surface area contributed by atoms with E-state index >= 15 is 0 Å². The number of rotatable bonds is 3. The maximum absolute atomic E-state index is 3.98. The lowest BCUT2D eigenvalue weighted by molar-refractivity contribution is 1.15. The normalized spacial score (nSPS) is 14.4. The Hall–Kier alpha value is -2.19. The molecule has 0 aromatic heterocycles. The van der Waals surface area contributed by atoms with E-state index in [1.807, 2.05) is 19.1 Å². The lowest BCUT2D eigenvalue weighted by Gasteiger charge is -2.33. The Labute approximate surface area is 130 Å². The molecule has 2 aromatic rings. The second-order valence-electron chi connectivity index (χ2n) is 4.69. The molecule has 0 atom stereocenters. The molecule has 0 N–H and O–H groups in total. The van der Waals surface area contributed by atoms with Gasteiger partial charge in [-0.1, -0.05) is 60.8 Å². The standard InChI is InChI=1S/C19H17NS/c1-3-10-16-18(4-2)21-19-14-9-8-13-17(19)20(16)15-11-6-5-7-12-15/h3-14H,2H2,1H3/b10-3-. The van der Waals surface area contributed by atoms with Crippen molar-refractivity contribution in [3.05, 3.63) is 90.0 Å². The number of anilines is 2. The first-order valence-corrected chi connectivity index (χ1v) is 7.78. The summed E-state index contributed by atoms with van der Waals surface area (Å²) in [5.74, 6) is 0. The summed E-state index contributed by atoms with van der Waals surface area (Å²) in [4.78, 5) is 4.73. The molecule has 1 aliphatic heterocycles. The Morgan fingerprint density at radius 3 is 2.43 bits per heavy atom. The third-order valence-electron chi connectivity index (χ3n) is 3.34. The molecule has 1 heterocycles. The van der Waals surface area contributed by atoms with Crippen LogP contribution in [0.4, 0.5) is 11.4 Å². The van der Waals surface area contributed by atoms with Gasteiger partial charge >= 0.3 is 0 Å². The summed E-state index contributed by atoms with van der Waals surface area (Å²) >= 11 is 1.77. The number of allylic oxidation sites excluding steroid dienone is 3. The molecule has 0 amide bonds.